The Morgan fingerprint density at radius 3 is 2.50 bits per heavy atom. The van der Waals surface area contributed by atoms with E-state index in [0.29, 0.717) is 17.9 Å². The lowest BCUT2D eigenvalue weighted by molar-refractivity contribution is 0.169. The van der Waals surface area contributed by atoms with Gasteiger partial charge in [0.1, 0.15) is 0 Å². The molecule has 1 fully saturated rings. The van der Waals surface area contributed by atoms with E-state index in [0.717, 1.165) is 12.3 Å². The predicted molar refractivity (Wildman–Crippen MR) is 79.0 cm³/mol. The van der Waals surface area contributed by atoms with E-state index in [-0.39, 0.29) is 0 Å². The molecule has 2 rings (SSSR count). The van der Waals surface area contributed by atoms with Crippen LogP contribution in [0.2, 0.25) is 0 Å². The minimum atomic E-state index is 0.471. The van der Waals surface area contributed by atoms with Crippen molar-refractivity contribution in [1.29, 1.82) is 0 Å². The van der Waals surface area contributed by atoms with Crippen molar-refractivity contribution >= 4 is 11.3 Å². The third-order valence-electron chi connectivity index (χ3n) is 4.27. The van der Waals surface area contributed by atoms with Crippen molar-refractivity contribution in [2.24, 2.45) is 17.1 Å². The highest BCUT2D eigenvalue weighted by molar-refractivity contribution is 7.09. The lowest BCUT2D eigenvalue weighted by Gasteiger charge is -2.36. The second-order valence-corrected chi connectivity index (χ2v) is 7.52. The second kappa shape index (κ2) is 5.70. The maximum Gasteiger partial charge on any atom is 0.0959 e. The minimum absolute atomic E-state index is 0.471. The van der Waals surface area contributed by atoms with E-state index in [1.165, 1.54) is 36.4 Å². The zero-order valence-electron chi connectivity index (χ0n) is 11.9. The second-order valence-electron chi connectivity index (χ2n) is 6.63. The van der Waals surface area contributed by atoms with Gasteiger partial charge >= 0.3 is 0 Å². The molecule has 1 aromatic heterocycles. The summed E-state index contributed by atoms with van der Waals surface area (Å²) < 4.78 is 0. The third kappa shape index (κ3) is 3.33. The maximum atomic E-state index is 5.58. The van der Waals surface area contributed by atoms with Gasteiger partial charge in [-0.05, 0) is 43.6 Å². The van der Waals surface area contributed by atoms with E-state index in [1.807, 2.05) is 11.3 Å². The first-order valence-corrected chi connectivity index (χ1v) is 8.03. The molecule has 1 saturated carbocycles. The van der Waals surface area contributed by atoms with Gasteiger partial charge in [0.05, 0.1) is 10.7 Å². The quantitative estimate of drug-likeness (QED) is 0.899. The summed E-state index contributed by atoms with van der Waals surface area (Å²) in [6.07, 6.45) is 6.28. The lowest BCUT2D eigenvalue weighted by atomic mass is 9.70. The summed E-state index contributed by atoms with van der Waals surface area (Å²) in [5, 5.41) is 3.55. The fourth-order valence-corrected chi connectivity index (χ4v) is 4.00. The molecule has 0 spiro atoms. The number of hydrogen-bond acceptors (Lipinski definition) is 3. The molecule has 0 atom stereocenters. The molecule has 0 unspecified atom stereocenters. The van der Waals surface area contributed by atoms with Gasteiger partial charge in [0.2, 0.25) is 0 Å². The molecule has 0 saturated heterocycles. The number of nitrogens with zero attached hydrogens (tertiary/aromatic N) is 1. The van der Waals surface area contributed by atoms with Crippen LogP contribution < -0.4 is 5.73 Å². The lowest BCUT2D eigenvalue weighted by Crippen LogP contribution is -2.25. The fourth-order valence-electron chi connectivity index (χ4n) is 2.98. The van der Waals surface area contributed by atoms with Crippen molar-refractivity contribution in [2.75, 3.05) is 6.54 Å². The van der Waals surface area contributed by atoms with Crippen LogP contribution in [0.15, 0.2) is 5.38 Å². The zero-order chi connectivity index (χ0) is 13.2. The summed E-state index contributed by atoms with van der Waals surface area (Å²) in [6.45, 7) is 7.84. The Bertz CT molecular complexity index is 370. The van der Waals surface area contributed by atoms with Crippen LogP contribution in [0.5, 0.6) is 0 Å². The van der Waals surface area contributed by atoms with Crippen molar-refractivity contribution in [3.05, 3.63) is 16.1 Å². The van der Waals surface area contributed by atoms with E-state index in [9.17, 15) is 0 Å². The number of hydrogen-bond donors (Lipinski definition) is 1. The van der Waals surface area contributed by atoms with Crippen molar-refractivity contribution < 1.29 is 0 Å². The molecule has 1 aliphatic rings. The molecule has 2 nitrogen and oxygen atoms in total. The van der Waals surface area contributed by atoms with E-state index in [2.05, 4.69) is 26.2 Å². The number of thiazole rings is 1. The highest BCUT2D eigenvalue weighted by atomic mass is 32.1. The molecule has 18 heavy (non-hydrogen) atoms. The number of rotatable bonds is 3. The molecule has 1 aliphatic carbocycles. The van der Waals surface area contributed by atoms with E-state index in [1.54, 1.807) is 0 Å². The number of nitrogens with two attached hydrogens (primary N) is 1. The molecular formula is C15H26N2S. The Labute approximate surface area is 115 Å². The van der Waals surface area contributed by atoms with Gasteiger partial charge in [-0.1, -0.05) is 20.8 Å². The standard InChI is InChI=1S/C15H26N2S/c1-15(2,3)12-6-4-11(5-7-12)14-17-13(8-9-16)10-18-14/h10-12H,4-9,16H2,1-3H3. The Morgan fingerprint density at radius 2 is 1.94 bits per heavy atom. The Morgan fingerprint density at radius 1 is 1.28 bits per heavy atom. The van der Waals surface area contributed by atoms with Gasteiger partial charge in [0.25, 0.3) is 0 Å². The molecular weight excluding hydrogens is 240 g/mol. The smallest absolute Gasteiger partial charge is 0.0959 e. The molecule has 1 aromatic rings. The molecule has 0 aliphatic heterocycles. The van der Waals surface area contributed by atoms with Crippen LogP contribution >= 0.6 is 11.3 Å². The summed E-state index contributed by atoms with van der Waals surface area (Å²) in [7, 11) is 0. The zero-order valence-corrected chi connectivity index (χ0v) is 12.7. The minimum Gasteiger partial charge on any atom is -0.330 e. The van der Waals surface area contributed by atoms with Gasteiger partial charge < -0.3 is 5.73 Å². The molecule has 0 bridgehead atoms. The van der Waals surface area contributed by atoms with Gasteiger partial charge in [-0.25, -0.2) is 4.98 Å². The van der Waals surface area contributed by atoms with Gasteiger partial charge in [-0.2, -0.15) is 0 Å². The van der Waals surface area contributed by atoms with Gasteiger partial charge in [-0.15, -0.1) is 11.3 Å². The van der Waals surface area contributed by atoms with Crippen molar-refractivity contribution in [3.8, 4) is 0 Å². The summed E-state index contributed by atoms with van der Waals surface area (Å²) in [6, 6.07) is 0. The molecule has 0 amide bonds. The Balaban J connectivity index is 1.92. The summed E-state index contributed by atoms with van der Waals surface area (Å²) in [5.41, 5.74) is 7.24. The molecule has 0 aromatic carbocycles. The highest BCUT2D eigenvalue weighted by Crippen LogP contribution is 2.43. The fraction of sp³-hybridized carbons (Fsp3) is 0.800. The van der Waals surface area contributed by atoms with Crippen molar-refractivity contribution in [1.82, 2.24) is 4.98 Å². The molecule has 3 heteroatoms. The van der Waals surface area contributed by atoms with Gasteiger partial charge in [0.15, 0.2) is 0 Å². The Hall–Kier alpha value is -0.410. The van der Waals surface area contributed by atoms with Crippen LogP contribution in [-0.4, -0.2) is 11.5 Å². The van der Waals surface area contributed by atoms with Gasteiger partial charge in [0, 0.05) is 17.7 Å². The maximum absolute atomic E-state index is 5.58. The van der Waals surface area contributed by atoms with E-state index in [4.69, 9.17) is 10.7 Å². The van der Waals surface area contributed by atoms with Crippen LogP contribution in [0, 0.1) is 11.3 Å². The molecule has 1 heterocycles. The monoisotopic (exact) mass is 266 g/mol. The Kier molecular flexibility index (Phi) is 4.44. The van der Waals surface area contributed by atoms with Crippen LogP contribution in [0.3, 0.4) is 0 Å². The van der Waals surface area contributed by atoms with Crippen LogP contribution in [0.25, 0.3) is 0 Å². The normalized spacial score (nSPS) is 25.3. The first-order valence-electron chi connectivity index (χ1n) is 7.15. The third-order valence-corrected chi connectivity index (χ3v) is 5.33. The van der Waals surface area contributed by atoms with Crippen molar-refractivity contribution in [3.63, 3.8) is 0 Å². The van der Waals surface area contributed by atoms with Crippen molar-refractivity contribution in [2.45, 2.75) is 58.8 Å². The SMILES string of the molecule is CC(C)(C)C1CCC(c2nc(CCN)cs2)CC1. The molecule has 0 radical (unpaired) electrons. The average Bonchev–Trinajstić information content (AvgIpc) is 2.77. The molecule has 102 valence electrons. The van der Waals surface area contributed by atoms with Gasteiger partial charge in [-0.3, -0.25) is 0 Å². The summed E-state index contributed by atoms with van der Waals surface area (Å²) >= 11 is 1.84. The van der Waals surface area contributed by atoms with E-state index >= 15 is 0 Å². The summed E-state index contributed by atoms with van der Waals surface area (Å²) in [4.78, 5) is 4.75. The van der Waals surface area contributed by atoms with Crippen LogP contribution in [0.4, 0.5) is 0 Å². The number of aromatic nitrogens is 1. The van der Waals surface area contributed by atoms with Crippen LogP contribution in [-0.2, 0) is 6.42 Å². The average molecular weight is 266 g/mol. The first kappa shape index (κ1) is 14.0. The molecule has 2 N–H and O–H groups in total. The largest absolute Gasteiger partial charge is 0.330 e. The predicted octanol–water partition coefficient (Wildman–Crippen LogP) is 3.96. The first-order chi connectivity index (χ1) is 8.50. The topological polar surface area (TPSA) is 38.9 Å². The van der Waals surface area contributed by atoms with Crippen LogP contribution in [0.1, 0.15) is 63.1 Å². The highest BCUT2D eigenvalue weighted by Gasteiger charge is 2.31. The van der Waals surface area contributed by atoms with E-state index < -0.39 is 0 Å². The summed E-state index contributed by atoms with van der Waals surface area (Å²) in [5.74, 6) is 1.59.